The zero-order valence-corrected chi connectivity index (χ0v) is 24.3. The largest absolute Gasteiger partial charge is 0.491 e. The standard InChI is InChI=1S/C35H49FN2O/c1-3-5-7-9-11-13-15-17-33(36)28-39-34-24-22-31(23-25-34)35-37-26-32(27-38-35)30-20-18-29(19-21-30)16-14-12-10-8-6-4-2/h18-27,33H,3-17,28H2,1-2H3. The summed E-state index contributed by atoms with van der Waals surface area (Å²) < 4.78 is 19.9. The molecule has 0 saturated heterocycles. The lowest BCUT2D eigenvalue weighted by Crippen LogP contribution is -2.12. The van der Waals surface area contributed by atoms with E-state index in [1.165, 1.54) is 76.2 Å². The molecule has 0 spiro atoms. The highest BCUT2D eigenvalue weighted by molar-refractivity contribution is 5.64. The van der Waals surface area contributed by atoms with Gasteiger partial charge in [-0.1, -0.05) is 115 Å². The van der Waals surface area contributed by atoms with Crippen molar-refractivity contribution in [2.75, 3.05) is 6.61 Å². The highest BCUT2D eigenvalue weighted by Gasteiger charge is 2.09. The molecule has 3 aromatic rings. The Bertz CT molecular complexity index is 1020. The van der Waals surface area contributed by atoms with Crippen molar-refractivity contribution in [1.29, 1.82) is 0 Å². The molecule has 212 valence electrons. The Morgan fingerprint density at radius 1 is 0.615 bits per heavy atom. The number of hydrogen-bond donors (Lipinski definition) is 0. The lowest BCUT2D eigenvalue weighted by atomic mass is 10.0. The summed E-state index contributed by atoms with van der Waals surface area (Å²) in [5.74, 6) is 1.35. The number of rotatable bonds is 20. The smallest absolute Gasteiger partial charge is 0.159 e. The van der Waals surface area contributed by atoms with Crippen molar-refractivity contribution in [1.82, 2.24) is 9.97 Å². The van der Waals surface area contributed by atoms with Crippen LogP contribution >= 0.6 is 0 Å². The lowest BCUT2D eigenvalue weighted by Gasteiger charge is -2.11. The highest BCUT2D eigenvalue weighted by atomic mass is 19.1. The summed E-state index contributed by atoms with van der Waals surface area (Å²) in [7, 11) is 0. The fourth-order valence-corrected chi connectivity index (χ4v) is 4.89. The molecule has 39 heavy (non-hydrogen) atoms. The predicted octanol–water partition coefficient (Wildman–Crippen LogP) is 10.6. The molecule has 1 atom stereocenters. The molecule has 0 aliphatic carbocycles. The quantitative estimate of drug-likeness (QED) is 0.136. The van der Waals surface area contributed by atoms with Gasteiger partial charge in [0.15, 0.2) is 5.82 Å². The van der Waals surface area contributed by atoms with Crippen LogP contribution in [0.15, 0.2) is 60.9 Å². The van der Waals surface area contributed by atoms with Crippen LogP contribution in [0.2, 0.25) is 0 Å². The molecule has 0 aliphatic heterocycles. The topological polar surface area (TPSA) is 35.0 Å². The monoisotopic (exact) mass is 532 g/mol. The van der Waals surface area contributed by atoms with Crippen LogP contribution in [0, 0.1) is 0 Å². The molecule has 3 rings (SSSR count). The molecule has 0 amide bonds. The van der Waals surface area contributed by atoms with Crippen molar-refractivity contribution in [2.24, 2.45) is 0 Å². The maximum atomic E-state index is 14.2. The number of nitrogens with zero attached hydrogens (tertiary/aromatic N) is 2. The van der Waals surface area contributed by atoms with E-state index in [-0.39, 0.29) is 6.61 Å². The van der Waals surface area contributed by atoms with E-state index in [1.54, 1.807) is 0 Å². The molecule has 0 radical (unpaired) electrons. The summed E-state index contributed by atoms with van der Waals surface area (Å²) in [5, 5.41) is 0. The molecule has 1 aromatic heterocycles. The van der Waals surface area contributed by atoms with Crippen LogP contribution in [0.3, 0.4) is 0 Å². The van der Waals surface area contributed by atoms with Crippen molar-refractivity contribution in [3.8, 4) is 28.3 Å². The molecule has 3 nitrogen and oxygen atoms in total. The molecular formula is C35H49FN2O. The Morgan fingerprint density at radius 3 is 1.77 bits per heavy atom. The van der Waals surface area contributed by atoms with Gasteiger partial charge in [0.1, 0.15) is 18.5 Å². The first-order valence-electron chi connectivity index (χ1n) is 15.5. The van der Waals surface area contributed by atoms with Gasteiger partial charge >= 0.3 is 0 Å². The van der Waals surface area contributed by atoms with Crippen LogP contribution < -0.4 is 4.74 Å². The van der Waals surface area contributed by atoms with E-state index in [1.807, 2.05) is 36.7 Å². The third kappa shape index (κ3) is 11.9. The predicted molar refractivity (Wildman–Crippen MR) is 163 cm³/mol. The first-order chi connectivity index (χ1) is 19.2. The molecular weight excluding hydrogens is 483 g/mol. The van der Waals surface area contributed by atoms with Crippen molar-refractivity contribution in [3.63, 3.8) is 0 Å². The van der Waals surface area contributed by atoms with Gasteiger partial charge in [-0.15, -0.1) is 0 Å². The van der Waals surface area contributed by atoms with E-state index < -0.39 is 6.17 Å². The van der Waals surface area contributed by atoms with Gasteiger partial charge in [0.25, 0.3) is 0 Å². The van der Waals surface area contributed by atoms with Crippen LogP contribution in [0.5, 0.6) is 5.75 Å². The Kier molecular flexibility index (Phi) is 14.6. The van der Waals surface area contributed by atoms with Gasteiger partial charge in [-0.05, 0) is 54.7 Å². The molecule has 1 heterocycles. The Hall–Kier alpha value is -2.75. The summed E-state index contributed by atoms with van der Waals surface area (Å²) in [6.45, 7) is 4.60. The number of aromatic nitrogens is 2. The third-order valence-electron chi connectivity index (χ3n) is 7.42. The van der Waals surface area contributed by atoms with E-state index >= 15 is 0 Å². The Morgan fingerprint density at radius 2 is 1.15 bits per heavy atom. The number of hydrogen-bond acceptors (Lipinski definition) is 3. The molecule has 1 unspecified atom stereocenters. The minimum Gasteiger partial charge on any atom is -0.491 e. The van der Waals surface area contributed by atoms with Crippen molar-refractivity contribution < 1.29 is 9.13 Å². The average Bonchev–Trinajstić information content (AvgIpc) is 2.98. The van der Waals surface area contributed by atoms with Crippen LogP contribution in [0.1, 0.15) is 109 Å². The zero-order chi connectivity index (χ0) is 27.5. The van der Waals surface area contributed by atoms with E-state index in [0.717, 1.165) is 36.0 Å². The molecule has 0 aliphatic rings. The molecule has 0 fully saturated rings. The number of ether oxygens (including phenoxy) is 1. The summed E-state index contributed by atoms with van der Waals surface area (Å²) in [4.78, 5) is 9.18. The molecule has 0 N–H and O–H groups in total. The second-order valence-corrected chi connectivity index (χ2v) is 10.9. The minimum absolute atomic E-state index is 0.109. The van der Waals surface area contributed by atoms with E-state index in [4.69, 9.17) is 4.74 Å². The fraction of sp³-hybridized carbons (Fsp3) is 0.543. The first-order valence-corrected chi connectivity index (χ1v) is 15.5. The van der Waals surface area contributed by atoms with Crippen molar-refractivity contribution in [3.05, 3.63) is 66.5 Å². The molecule has 0 saturated carbocycles. The number of halogens is 1. The van der Waals surface area contributed by atoms with Crippen LogP contribution in [0.25, 0.3) is 22.5 Å². The summed E-state index contributed by atoms with van der Waals surface area (Å²) >= 11 is 0. The second-order valence-electron chi connectivity index (χ2n) is 10.9. The van der Waals surface area contributed by atoms with Gasteiger partial charge in [0.05, 0.1) is 0 Å². The first kappa shape index (κ1) is 30.8. The lowest BCUT2D eigenvalue weighted by molar-refractivity contribution is 0.184. The molecule has 4 heteroatoms. The fourth-order valence-electron chi connectivity index (χ4n) is 4.89. The van der Waals surface area contributed by atoms with Crippen LogP contribution in [0.4, 0.5) is 4.39 Å². The summed E-state index contributed by atoms with van der Waals surface area (Å²) in [6.07, 6.45) is 20.9. The number of unbranched alkanes of at least 4 members (excludes halogenated alkanes) is 11. The normalized spacial score (nSPS) is 12.0. The minimum atomic E-state index is -0.916. The van der Waals surface area contributed by atoms with Crippen molar-refractivity contribution in [2.45, 2.75) is 116 Å². The van der Waals surface area contributed by atoms with E-state index in [2.05, 4.69) is 48.1 Å². The van der Waals surface area contributed by atoms with E-state index in [0.29, 0.717) is 18.0 Å². The number of benzene rings is 2. The average molecular weight is 533 g/mol. The maximum absolute atomic E-state index is 14.2. The van der Waals surface area contributed by atoms with Gasteiger partial charge < -0.3 is 4.74 Å². The zero-order valence-electron chi connectivity index (χ0n) is 24.3. The van der Waals surface area contributed by atoms with Crippen molar-refractivity contribution >= 4 is 0 Å². The van der Waals surface area contributed by atoms with Gasteiger partial charge in [-0.3, -0.25) is 0 Å². The third-order valence-corrected chi connectivity index (χ3v) is 7.42. The summed E-state index contributed by atoms with van der Waals surface area (Å²) in [5.41, 5.74) is 4.46. The van der Waals surface area contributed by atoms with Crippen LogP contribution in [-0.4, -0.2) is 22.7 Å². The van der Waals surface area contributed by atoms with Gasteiger partial charge in [-0.2, -0.15) is 0 Å². The second kappa shape index (κ2) is 18.5. The number of alkyl halides is 1. The Balaban J connectivity index is 1.39. The van der Waals surface area contributed by atoms with E-state index in [9.17, 15) is 4.39 Å². The molecule has 2 aromatic carbocycles. The van der Waals surface area contributed by atoms with Gasteiger partial charge in [0.2, 0.25) is 0 Å². The van der Waals surface area contributed by atoms with Gasteiger partial charge in [-0.25, -0.2) is 14.4 Å². The number of aryl methyl sites for hydroxylation is 1. The van der Waals surface area contributed by atoms with Crippen LogP contribution in [-0.2, 0) is 6.42 Å². The maximum Gasteiger partial charge on any atom is 0.159 e. The Labute approximate surface area is 236 Å². The summed E-state index contributed by atoms with van der Waals surface area (Å²) in [6, 6.07) is 16.4. The highest BCUT2D eigenvalue weighted by Crippen LogP contribution is 2.23. The molecule has 0 bridgehead atoms. The SMILES string of the molecule is CCCCCCCCCC(F)COc1ccc(-c2ncc(-c3ccc(CCCCCCCC)cc3)cn2)cc1. The van der Waals surface area contributed by atoms with Gasteiger partial charge in [0, 0.05) is 23.5 Å².